The highest BCUT2D eigenvalue weighted by atomic mass is 32.2. The van der Waals surface area contributed by atoms with Crippen LogP contribution in [0.25, 0.3) is 23.1 Å². The van der Waals surface area contributed by atoms with Gasteiger partial charge in [0.15, 0.2) is 0 Å². The van der Waals surface area contributed by atoms with Crippen molar-refractivity contribution in [1.29, 1.82) is 0 Å². The first-order valence-corrected chi connectivity index (χ1v) is 10.1. The molecule has 0 fully saturated rings. The molecule has 0 radical (unpaired) electrons. The van der Waals surface area contributed by atoms with Crippen molar-refractivity contribution in [1.82, 2.24) is 15.2 Å². The molecule has 0 spiro atoms. The van der Waals surface area contributed by atoms with Crippen molar-refractivity contribution in [3.63, 3.8) is 0 Å². The number of hydrogen-bond donors (Lipinski definition) is 2. The fourth-order valence-electron chi connectivity index (χ4n) is 3.14. The smallest absolute Gasteiger partial charge is 0.249 e. The second-order valence-corrected chi connectivity index (χ2v) is 7.60. The Labute approximate surface area is 173 Å². The monoisotopic (exact) mass is 400 g/mol. The zero-order valence-corrected chi connectivity index (χ0v) is 16.7. The van der Waals surface area contributed by atoms with Gasteiger partial charge >= 0.3 is 0 Å². The molecule has 0 saturated carbocycles. The van der Waals surface area contributed by atoms with Crippen molar-refractivity contribution in [2.24, 2.45) is 5.73 Å². The number of carbonyl (C=O) groups excluding carboxylic acids is 1. The lowest BCUT2D eigenvalue weighted by Gasteiger charge is -2.11. The van der Waals surface area contributed by atoms with E-state index in [2.05, 4.69) is 22.1 Å². The SMILES string of the molecule is CCc1cccc(C(N)=O)c1Sc1ccc2c(/C=C/c3ccccn3)n[nH]c2c1. The van der Waals surface area contributed by atoms with Gasteiger partial charge in [-0.2, -0.15) is 5.10 Å². The Morgan fingerprint density at radius 1 is 1.14 bits per heavy atom. The zero-order valence-electron chi connectivity index (χ0n) is 15.9. The van der Waals surface area contributed by atoms with Gasteiger partial charge in [0.05, 0.1) is 22.5 Å². The summed E-state index contributed by atoms with van der Waals surface area (Å²) >= 11 is 1.55. The molecule has 0 aliphatic carbocycles. The van der Waals surface area contributed by atoms with Crippen molar-refractivity contribution < 1.29 is 4.79 Å². The Kier molecular flexibility index (Phi) is 5.44. The summed E-state index contributed by atoms with van der Waals surface area (Å²) in [5.41, 5.74) is 9.92. The van der Waals surface area contributed by atoms with Crippen LogP contribution in [0.1, 0.15) is 34.2 Å². The van der Waals surface area contributed by atoms with Gasteiger partial charge in [0.25, 0.3) is 0 Å². The van der Waals surface area contributed by atoms with Crippen molar-refractivity contribution in [2.75, 3.05) is 0 Å². The molecule has 6 heteroatoms. The number of carbonyl (C=O) groups is 1. The minimum atomic E-state index is -0.410. The second kappa shape index (κ2) is 8.32. The fraction of sp³-hybridized carbons (Fsp3) is 0.0870. The molecule has 4 rings (SSSR count). The van der Waals surface area contributed by atoms with Crippen LogP contribution in [0.4, 0.5) is 0 Å². The molecule has 144 valence electrons. The van der Waals surface area contributed by atoms with Gasteiger partial charge < -0.3 is 5.73 Å². The van der Waals surface area contributed by atoms with E-state index in [1.807, 2.05) is 60.7 Å². The van der Waals surface area contributed by atoms with Gasteiger partial charge in [-0.1, -0.05) is 36.9 Å². The predicted molar refractivity (Wildman–Crippen MR) is 118 cm³/mol. The topological polar surface area (TPSA) is 84.7 Å². The number of rotatable bonds is 6. The van der Waals surface area contributed by atoms with Crippen molar-refractivity contribution in [3.8, 4) is 0 Å². The third kappa shape index (κ3) is 4.07. The number of nitrogens with two attached hydrogens (primary N) is 1. The molecule has 0 saturated heterocycles. The quantitative estimate of drug-likeness (QED) is 0.480. The van der Waals surface area contributed by atoms with Crippen LogP contribution in [0.5, 0.6) is 0 Å². The van der Waals surface area contributed by atoms with Crippen LogP contribution in [0, 0.1) is 0 Å². The molecular formula is C23H20N4OS. The normalized spacial score (nSPS) is 11.3. The van der Waals surface area contributed by atoms with Gasteiger partial charge in [0.1, 0.15) is 0 Å². The Morgan fingerprint density at radius 2 is 2.03 bits per heavy atom. The van der Waals surface area contributed by atoms with Crippen molar-refractivity contribution in [2.45, 2.75) is 23.1 Å². The van der Waals surface area contributed by atoms with E-state index >= 15 is 0 Å². The lowest BCUT2D eigenvalue weighted by Crippen LogP contribution is -2.13. The number of aromatic amines is 1. The molecule has 3 N–H and O–H groups in total. The minimum absolute atomic E-state index is 0.410. The molecule has 0 aliphatic rings. The van der Waals surface area contributed by atoms with E-state index in [0.29, 0.717) is 5.56 Å². The highest BCUT2D eigenvalue weighted by Gasteiger charge is 2.14. The average Bonchev–Trinajstić information content (AvgIpc) is 3.15. The molecule has 4 aromatic rings. The lowest BCUT2D eigenvalue weighted by molar-refractivity contribution is 0.0997. The first kappa shape index (κ1) is 19.0. The number of hydrogen-bond acceptors (Lipinski definition) is 4. The predicted octanol–water partition coefficient (Wildman–Crippen LogP) is 4.94. The van der Waals surface area contributed by atoms with E-state index in [1.54, 1.807) is 24.0 Å². The molecule has 0 bridgehead atoms. The largest absolute Gasteiger partial charge is 0.366 e. The van der Waals surface area contributed by atoms with Crippen LogP contribution >= 0.6 is 11.8 Å². The van der Waals surface area contributed by atoms with Crippen LogP contribution in [0.3, 0.4) is 0 Å². The molecule has 0 unspecified atom stereocenters. The third-order valence-corrected chi connectivity index (χ3v) is 5.80. The molecule has 2 heterocycles. The summed E-state index contributed by atoms with van der Waals surface area (Å²) in [7, 11) is 0. The number of fused-ring (bicyclic) bond motifs is 1. The lowest BCUT2D eigenvalue weighted by atomic mass is 10.1. The maximum absolute atomic E-state index is 11.9. The molecule has 29 heavy (non-hydrogen) atoms. The summed E-state index contributed by atoms with van der Waals surface area (Å²) in [4.78, 5) is 18.1. The van der Waals surface area contributed by atoms with E-state index in [-0.39, 0.29) is 0 Å². The number of aromatic nitrogens is 3. The number of H-pyrrole nitrogens is 1. The fourth-order valence-corrected chi connectivity index (χ4v) is 4.32. The molecule has 0 atom stereocenters. The summed E-state index contributed by atoms with van der Waals surface area (Å²) in [5.74, 6) is -0.410. The number of nitrogens with one attached hydrogen (secondary N) is 1. The molecular weight excluding hydrogens is 380 g/mol. The molecule has 5 nitrogen and oxygen atoms in total. The van der Waals surface area contributed by atoms with E-state index in [0.717, 1.165) is 44.1 Å². The van der Waals surface area contributed by atoms with Gasteiger partial charge in [0.2, 0.25) is 5.91 Å². The van der Waals surface area contributed by atoms with Crippen molar-refractivity contribution in [3.05, 3.63) is 83.3 Å². The number of pyridine rings is 1. The highest BCUT2D eigenvalue weighted by molar-refractivity contribution is 7.99. The van der Waals surface area contributed by atoms with Gasteiger partial charge in [0, 0.05) is 21.4 Å². The van der Waals surface area contributed by atoms with E-state index in [9.17, 15) is 4.79 Å². The van der Waals surface area contributed by atoms with Gasteiger partial charge in [-0.05, 0) is 60.5 Å². The Hall–Kier alpha value is -3.38. The molecule has 0 aliphatic heterocycles. The van der Waals surface area contributed by atoms with Gasteiger partial charge in [-0.3, -0.25) is 14.9 Å². The standard InChI is InChI=1S/C23H20N4OS/c1-2-15-6-5-8-19(23(24)28)22(15)29-17-10-11-18-20(26-27-21(18)14-17)12-9-16-7-3-4-13-25-16/h3-14H,2H2,1H3,(H2,24,28)(H,26,27)/b12-9+. The second-order valence-electron chi connectivity index (χ2n) is 6.52. The Morgan fingerprint density at radius 3 is 2.79 bits per heavy atom. The minimum Gasteiger partial charge on any atom is -0.366 e. The van der Waals surface area contributed by atoms with Crippen molar-refractivity contribution >= 4 is 40.7 Å². The van der Waals surface area contributed by atoms with Crippen LogP contribution in [0.15, 0.2) is 70.6 Å². The average molecular weight is 401 g/mol. The number of benzene rings is 2. The zero-order chi connectivity index (χ0) is 20.2. The maximum Gasteiger partial charge on any atom is 0.249 e. The number of amides is 1. The summed E-state index contributed by atoms with van der Waals surface area (Å²) < 4.78 is 0. The van der Waals surface area contributed by atoms with E-state index in [1.165, 1.54) is 0 Å². The van der Waals surface area contributed by atoms with Gasteiger partial charge in [-0.25, -0.2) is 0 Å². The summed E-state index contributed by atoms with van der Waals surface area (Å²) in [6, 6.07) is 17.6. The number of primary amides is 1. The molecule has 1 amide bonds. The highest BCUT2D eigenvalue weighted by Crippen LogP contribution is 2.35. The van der Waals surface area contributed by atoms with E-state index in [4.69, 9.17) is 5.73 Å². The number of nitrogens with zero attached hydrogens (tertiary/aromatic N) is 2. The molecule has 2 aromatic heterocycles. The Balaban J connectivity index is 1.65. The van der Waals surface area contributed by atoms with Gasteiger partial charge in [-0.15, -0.1) is 0 Å². The number of aryl methyl sites for hydroxylation is 1. The summed E-state index contributed by atoms with van der Waals surface area (Å²) in [5, 5.41) is 8.53. The first-order valence-electron chi connectivity index (χ1n) is 9.32. The van der Waals surface area contributed by atoms with Crippen LogP contribution in [-0.4, -0.2) is 21.1 Å². The summed E-state index contributed by atoms with van der Waals surface area (Å²) in [6.07, 6.45) is 6.49. The van der Waals surface area contributed by atoms with E-state index < -0.39 is 5.91 Å². The van der Waals surface area contributed by atoms with Crippen LogP contribution in [0.2, 0.25) is 0 Å². The van der Waals surface area contributed by atoms with Crippen LogP contribution in [-0.2, 0) is 6.42 Å². The summed E-state index contributed by atoms with van der Waals surface area (Å²) in [6.45, 7) is 2.07. The molecule has 2 aromatic carbocycles. The Bertz CT molecular complexity index is 1200. The first-order chi connectivity index (χ1) is 14.2. The maximum atomic E-state index is 11.9. The van der Waals surface area contributed by atoms with Crippen LogP contribution < -0.4 is 5.73 Å². The third-order valence-electron chi connectivity index (χ3n) is 4.63.